The minimum absolute atomic E-state index is 0.101. The third kappa shape index (κ3) is 3.08. The SMILES string of the molecule is COc1ccc(C2=NOC(C(=O)N3CC4(C)CC3CC(C)(C)C4)C2)cc1. The molecule has 1 aromatic rings. The molecule has 2 fully saturated rings. The molecule has 1 saturated carbocycles. The predicted octanol–water partition coefficient (Wildman–Crippen LogP) is 3.62. The zero-order chi connectivity index (χ0) is 18.5. The van der Waals surface area contributed by atoms with E-state index < -0.39 is 6.10 Å². The van der Waals surface area contributed by atoms with E-state index in [1.54, 1.807) is 7.11 Å². The van der Waals surface area contributed by atoms with Crippen LogP contribution in [0.15, 0.2) is 29.4 Å². The van der Waals surface area contributed by atoms with Gasteiger partial charge in [0.1, 0.15) is 5.75 Å². The van der Waals surface area contributed by atoms with Gasteiger partial charge in [-0.2, -0.15) is 0 Å². The van der Waals surface area contributed by atoms with Crippen LogP contribution in [0.3, 0.4) is 0 Å². The highest BCUT2D eigenvalue weighted by molar-refractivity contribution is 6.04. The summed E-state index contributed by atoms with van der Waals surface area (Å²) >= 11 is 0. The molecule has 2 aliphatic heterocycles. The molecule has 3 atom stereocenters. The number of methoxy groups -OCH3 is 1. The number of ether oxygens (including phenoxy) is 1. The van der Waals surface area contributed by atoms with Gasteiger partial charge in [-0.15, -0.1) is 0 Å². The molecule has 1 saturated heterocycles. The third-order valence-corrected chi connectivity index (χ3v) is 6.07. The van der Waals surface area contributed by atoms with Crippen LogP contribution in [-0.2, 0) is 9.63 Å². The zero-order valence-electron chi connectivity index (χ0n) is 16.1. The maximum atomic E-state index is 13.1. The van der Waals surface area contributed by atoms with Crippen LogP contribution in [0.5, 0.6) is 5.75 Å². The molecule has 4 rings (SSSR count). The van der Waals surface area contributed by atoms with Crippen molar-refractivity contribution in [3.63, 3.8) is 0 Å². The van der Waals surface area contributed by atoms with Gasteiger partial charge in [-0.1, -0.05) is 25.9 Å². The lowest BCUT2D eigenvalue weighted by molar-refractivity contribution is -0.143. The molecular weight excluding hydrogens is 328 g/mol. The first-order chi connectivity index (χ1) is 12.3. The summed E-state index contributed by atoms with van der Waals surface area (Å²) in [5.41, 5.74) is 2.35. The van der Waals surface area contributed by atoms with Crippen molar-refractivity contribution in [2.75, 3.05) is 13.7 Å². The quantitative estimate of drug-likeness (QED) is 0.831. The van der Waals surface area contributed by atoms with Crippen LogP contribution in [0.25, 0.3) is 0 Å². The minimum Gasteiger partial charge on any atom is -0.497 e. The number of likely N-dealkylation sites (tertiary alicyclic amines) is 1. The van der Waals surface area contributed by atoms with Crippen molar-refractivity contribution in [3.05, 3.63) is 29.8 Å². The Morgan fingerprint density at radius 1 is 1.23 bits per heavy atom. The van der Waals surface area contributed by atoms with Gasteiger partial charge in [0.25, 0.3) is 5.91 Å². The number of carbonyl (C=O) groups is 1. The largest absolute Gasteiger partial charge is 0.497 e. The van der Waals surface area contributed by atoms with Gasteiger partial charge in [-0.05, 0) is 59.9 Å². The second kappa shape index (κ2) is 6.00. The van der Waals surface area contributed by atoms with Crippen molar-refractivity contribution in [2.45, 2.75) is 58.6 Å². The monoisotopic (exact) mass is 356 g/mol. The summed E-state index contributed by atoms with van der Waals surface area (Å²) < 4.78 is 5.19. The molecule has 0 radical (unpaired) electrons. The van der Waals surface area contributed by atoms with Crippen molar-refractivity contribution < 1.29 is 14.4 Å². The van der Waals surface area contributed by atoms with Crippen molar-refractivity contribution in [1.82, 2.24) is 4.90 Å². The molecule has 140 valence electrons. The smallest absolute Gasteiger partial charge is 0.267 e. The second-order valence-corrected chi connectivity index (χ2v) is 9.24. The number of amides is 1. The number of hydrogen-bond donors (Lipinski definition) is 0. The lowest BCUT2D eigenvalue weighted by Gasteiger charge is -2.39. The maximum Gasteiger partial charge on any atom is 0.267 e. The van der Waals surface area contributed by atoms with Gasteiger partial charge in [0.15, 0.2) is 0 Å². The Balaban J connectivity index is 1.44. The van der Waals surface area contributed by atoms with E-state index in [1.807, 2.05) is 24.3 Å². The first-order valence-electron chi connectivity index (χ1n) is 9.46. The van der Waals surface area contributed by atoms with Gasteiger partial charge in [0.05, 0.1) is 12.8 Å². The van der Waals surface area contributed by atoms with Crippen LogP contribution in [0, 0.1) is 10.8 Å². The normalized spacial score (nSPS) is 32.2. The fraction of sp³-hybridized carbons (Fsp3) is 0.619. The average Bonchev–Trinajstić information content (AvgIpc) is 3.16. The van der Waals surface area contributed by atoms with E-state index in [4.69, 9.17) is 9.57 Å². The highest BCUT2D eigenvalue weighted by Crippen LogP contribution is 2.52. The lowest BCUT2D eigenvalue weighted by atomic mass is 9.65. The number of rotatable bonds is 3. The molecule has 0 aromatic heterocycles. The number of benzene rings is 1. The number of carbonyl (C=O) groups excluding carboxylic acids is 1. The topological polar surface area (TPSA) is 51.1 Å². The summed E-state index contributed by atoms with van der Waals surface area (Å²) in [6, 6.07) is 8.06. The number of oxime groups is 1. The molecule has 5 nitrogen and oxygen atoms in total. The zero-order valence-corrected chi connectivity index (χ0v) is 16.1. The average molecular weight is 356 g/mol. The van der Waals surface area contributed by atoms with Crippen LogP contribution in [0.1, 0.15) is 52.0 Å². The molecule has 3 unspecified atom stereocenters. The second-order valence-electron chi connectivity index (χ2n) is 9.24. The van der Waals surface area contributed by atoms with E-state index >= 15 is 0 Å². The van der Waals surface area contributed by atoms with Crippen molar-refractivity contribution >= 4 is 11.6 Å². The van der Waals surface area contributed by atoms with Crippen LogP contribution in [0.4, 0.5) is 0 Å². The number of hydrogen-bond acceptors (Lipinski definition) is 4. The molecule has 0 spiro atoms. The summed E-state index contributed by atoms with van der Waals surface area (Å²) in [6.45, 7) is 7.81. The summed E-state index contributed by atoms with van der Waals surface area (Å²) in [7, 11) is 1.65. The molecule has 0 N–H and O–H groups in total. The van der Waals surface area contributed by atoms with Gasteiger partial charge in [0, 0.05) is 19.0 Å². The maximum absolute atomic E-state index is 13.1. The Morgan fingerprint density at radius 2 is 1.96 bits per heavy atom. The molecule has 5 heteroatoms. The highest BCUT2D eigenvalue weighted by Gasteiger charge is 2.52. The Morgan fingerprint density at radius 3 is 2.65 bits per heavy atom. The predicted molar refractivity (Wildman–Crippen MR) is 100 cm³/mol. The molecule has 1 aromatic carbocycles. The molecule has 2 bridgehead atoms. The standard InChI is InChI=1S/C21H28N2O3/c1-20(2)10-15-11-21(3,12-20)13-23(15)19(24)18-9-17(22-26-18)14-5-7-16(25-4)8-6-14/h5-8,15,18H,9-13H2,1-4H3. The summed E-state index contributed by atoms with van der Waals surface area (Å²) in [5.74, 6) is 0.907. The van der Waals surface area contributed by atoms with E-state index in [-0.39, 0.29) is 11.3 Å². The van der Waals surface area contributed by atoms with E-state index in [9.17, 15) is 4.79 Å². The third-order valence-electron chi connectivity index (χ3n) is 6.07. The Hall–Kier alpha value is -2.04. The summed E-state index contributed by atoms with van der Waals surface area (Å²) in [5, 5.41) is 4.20. The fourth-order valence-corrected chi connectivity index (χ4v) is 5.37. The minimum atomic E-state index is -0.488. The Bertz CT molecular complexity index is 740. The van der Waals surface area contributed by atoms with Gasteiger partial charge < -0.3 is 14.5 Å². The first-order valence-corrected chi connectivity index (χ1v) is 9.46. The Kier molecular flexibility index (Phi) is 4.01. The lowest BCUT2D eigenvalue weighted by Crippen LogP contribution is -2.43. The number of fused-ring (bicyclic) bond motifs is 2. The summed E-state index contributed by atoms with van der Waals surface area (Å²) in [4.78, 5) is 20.8. The van der Waals surface area contributed by atoms with E-state index in [0.29, 0.717) is 17.9 Å². The van der Waals surface area contributed by atoms with E-state index in [0.717, 1.165) is 36.4 Å². The molecular formula is C21H28N2O3. The fourth-order valence-electron chi connectivity index (χ4n) is 5.37. The molecule has 2 heterocycles. The highest BCUT2D eigenvalue weighted by atomic mass is 16.6. The summed E-state index contributed by atoms with van der Waals surface area (Å²) in [6.07, 6.45) is 3.42. The van der Waals surface area contributed by atoms with Crippen molar-refractivity contribution in [1.29, 1.82) is 0 Å². The van der Waals surface area contributed by atoms with Crippen LogP contribution < -0.4 is 4.74 Å². The first kappa shape index (κ1) is 17.4. The Labute approximate surface area is 155 Å². The van der Waals surface area contributed by atoms with Crippen LogP contribution >= 0.6 is 0 Å². The molecule has 1 amide bonds. The number of nitrogens with zero attached hydrogens (tertiary/aromatic N) is 2. The van der Waals surface area contributed by atoms with E-state index in [1.165, 1.54) is 6.42 Å². The molecule has 3 aliphatic rings. The van der Waals surface area contributed by atoms with Gasteiger partial charge >= 0.3 is 0 Å². The van der Waals surface area contributed by atoms with Gasteiger partial charge in [0.2, 0.25) is 6.10 Å². The van der Waals surface area contributed by atoms with Crippen LogP contribution in [0.2, 0.25) is 0 Å². The molecule has 1 aliphatic carbocycles. The van der Waals surface area contributed by atoms with E-state index in [2.05, 4.69) is 30.8 Å². The van der Waals surface area contributed by atoms with Gasteiger partial charge in [-0.3, -0.25) is 4.79 Å². The van der Waals surface area contributed by atoms with Crippen LogP contribution in [-0.4, -0.2) is 42.3 Å². The van der Waals surface area contributed by atoms with Crippen molar-refractivity contribution in [2.24, 2.45) is 16.0 Å². The van der Waals surface area contributed by atoms with Crippen molar-refractivity contribution in [3.8, 4) is 5.75 Å². The molecule has 26 heavy (non-hydrogen) atoms. The van der Waals surface area contributed by atoms with Gasteiger partial charge in [-0.25, -0.2) is 0 Å².